The molecule has 0 saturated carbocycles. The lowest BCUT2D eigenvalue weighted by Gasteiger charge is -2.09. The van der Waals surface area contributed by atoms with E-state index in [-0.39, 0.29) is 6.61 Å². The summed E-state index contributed by atoms with van der Waals surface area (Å²) in [6, 6.07) is 16.3. The van der Waals surface area contributed by atoms with Gasteiger partial charge < -0.3 is 23.5 Å². The number of hydrogen-bond acceptors (Lipinski definition) is 6. The average molecular weight is 436 g/mol. The number of hydrogen-bond donors (Lipinski definition) is 0. The number of benzene rings is 3. The lowest BCUT2D eigenvalue weighted by Crippen LogP contribution is -2.05. The van der Waals surface area contributed by atoms with E-state index in [1.807, 2.05) is 23.7 Å². The fourth-order valence-electron chi connectivity index (χ4n) is 3.24. The van der Waals surface area contributed by atoms with Gasteiger partial charge in [-0.3, -0.25) is 0 Å². The minimum absolute atomic E-state index is 0.201. The Morgan fingerprint density at radius 3 is 2.56 bits per heavy atom. The molecule has 164 valence electrons. The molecule has 0 aliphatic heterocycles. The molecule has 7 nitrogen and oxygen atoms in total. The first-order valence-electron chi connectivity index (χ1n) is 9.76. The van der Waals surface area contributed by atoms with E-state index in [0.29, 0.717) is 34.4 Å². The maximum absolute atomic E-state index is 13.7. The Bertz CT molecular complexity index is 1280. The van der Waals surface area contributed by atoms with Crippen molar-refractivity contribution in [3.8, 4) is 23.0 Å². The number of methoxy groups -OCH3 is 2. The lowest BCUT2D eigenvalue weighted by atomic mass is 10.2. The van der Waals surface area contributed by atoms with Crippen molar-refractivity contribution in [2.75, 3.05) is 14.2 Å². The summed E-state index contributed by atoms with van der Waals surface area (Å²) in [6.07, 6.45) is 0. The van der Waals surface area contributed by atoms with Gasteiger partial charge in [0.05, 0.1) is 30.8 Å². The Hall–Kier alpha value is -4.07. The molecular formula is C24H21FN2O5. The molecule has 8 heteroatoms. The van der Waals surface area contributed by atoms with Crippen LogP contribution in [0.1, 0.15) is 16.2 Å². The molecule has 0 spiro atoms. The van der Waals surface area contributed by atoms with E-state index in [1.165, 1.54) is 26.4 Å². The van der Waals surface area contributed by atoms with Crippen molar-refractivity contribution in [2.45, 2.75) is 6.61 Å². The van der Waals surface area contributed by atoms with Crippen LogP contribution >= 0.6 is 0 Å². The molecule has 1 aromatic heterocycles. The molecule has 0 aliphatic carbocycles. The molecule has 0 atom stereocenters. The highest BCUT2D eigenvalue weighted by Crippen LogP contribution is 2.29. The molecule has 0 bridgehead atoms. The molecule has 1 heterocycles. The van der Waals surface area contributed by atoms with Gasteiger partial charge in [-0.25, -0.2) is 14.2 Å². The summed E-state index contributed by atoms with van der Waals surface area (Å²) in [5.41, 5.74) is 2.00. The predicted octanol–water partition coefficient (Wildman–Crippen LogP) is 4.88. The molecule has 0 radical (unpaired) electrons. The molecule has 3 aromatic carbocycles. The van der Waals surface area contributed by atoms with Gasteiger partial charge in [0.15, 0.2) is 0 Å². The standard InChI is InChI=1S/C24H21FN2O5/c1-27-22-13-18(32-20-11-16(25)10-19(12-20)29-2)7-8-21(22)26-23(27)14-31-17-6-4-5-15(9-17)24(28)30-3/h4-13H,14H2,1-3H3. The van der Waals surface area contributed by atoms with Crippen LogP contribution in [0.5, 0.6) is 23.0 Å². The zero-order chi connectivity index (χ0) is 22.7. The highest BCUT2D eigenvalue weighted by atomic mass is 19.1. The Kier molecular flexibility index (Phi) is 5.93. The van der Waals surface area contributed by atoms with E-state index in [0.717, 1.165) is 11.0 Å². The first-order chi connectivity index (χ1) is 15.5. The number of aryl methyl sites for hydroxylation is 1. The third-order valence-electron chi connectivity index (χ3n) is 4.88. The molecule has 0 unspecified atom stereocenters. The highest BCUT2D eigenvalue weighted by molar-refractivity contribution is 5.89. The van der Waals surface area contributed by atoms with Gasteiger partial charge >= 0.3 is 5.97 Å². The van der Waals surface area contributed by atoms with E-state index in [1.54, 1.807) is 36.4 Å². The summed E-state index contributed by atoms with van der Waals surface area (Å²) >= 11 is 0. The summed E-state index contributed by atoms with van der Waals surface area (Å²) in [7, 11) is 4.67. The Balaban J connectivity index is 1.53. The Morgan fingerprint density at radius 1 is 0.969 bits per heavy atom. The van der Waals surface area contributed by atoms with E-state index >= 15 is 0 Å². The van der Waals surface area contributed by atoms with Crippen LogP contribution in [-0.2, 0) is 18.4 Å². The number of halogens is 1. The van der Waals surface area contributed by atoms with E-state index in [9.17, 15) is 9.18 Å². The maximum atomic E-state index is 13.7. The smallest absolute Gasteiger partial charge is 0.337 e. The zero-order valence-corrected chi connectivity index (χ0v) is 17.8. The highest BCUT2D eigenvalue weighted by Gasteiger charge is 2.12. The van der Waals surface area contributed by atoms with Crippen LogP contribution in [0.25, 0.3) is 11.0 Å². The van der Waals surface area contributed by atoms with Crippen molar-refractivity contribution in [3.63, 3.8) is 0 Å². The Labute approximate surface area is 183 Å². The second-order valence-corrected chi connectivity index (χ2v) is 6.97. The first kappa shape index (κ1) is 21.2. The van der Waals surface area contributed by atoms with E-state index < -0.39 is 11.8 Å². The summed E-state index contributed by atoms with van der Waals surface area (Å²) < 4.78 is 37.1. The topological polar surface area (TPSA) is 71.8 Å². The maximum Gasteiger partial charge on any atom is 0.337 e. The number of rotatable bonds is 7. The van der Waals surface area contributed by atoms with E-state index in [2.05, 4.69) is 4.98 Å². The van der Waals surface area contributed by atoms with Crippen LogP contribution in [0.15, 0.2) is 60.7 Å². The number of fused-ring (bicyclic) bond motifs is 1. The molecular weight excluding hydrogens is 415 g/mol. The van der Waals surface area contributed by atoms with Crippen molar-refractivity contribution in [1.82, 2.24) is 9.55 Å². The molecule has 32 heavy (non-hydrogen) atoms. The molecule has 4 rings (SSSR count). The van der Waals surface area contributed by atoms with Gasteiger partial charge in [-0.05, 0) is 30.3 Å². The van der Waals surface area contributed by atoms with Crippen LogP contribution in [-0.4, -0.2) is 29.7 Å². The van der Waals surface area contributed by atoms with Crippen LogP contribution < -0.4 is 14.2 Å². The van der Waals surface area contributed by atoms with Gasteiger partial charge in [0.25, 0.3) is 0 Å². The number of carbonyl (C=O) groups excluding carboxylic acids is 1. The molecule has 0 amide bonds. The van der Waals surface area contributed by atoms with Gasteiger partial charge in [0, 0.05) is 31.3 Å². The zero-order valence-electron chi connectivity index (χ0n) is 17.8. The van der Waals surface area contributed by atoms with Crippen molar-refractivity contribution in [2.24, 2.45) is 7.05 Å². The molecule has 0 N–H and O–H groups in total. The Morgan fingerprint density at radius 2 is 1.78 bits per heavy atom. The molecule has 0 fully saturated rings. The fourth-order valence-corrected chi connectivity index (χ4v) is 3.24. The number of aromatic nitrogens is 2. The second kappa shape index (κ2) is 8.97. The van der Waals surface area contributed by atoms with Crippen LogP contribution in [0.2, 0.25) is 0 Å². The largest absolute Gasteiger partial charge is 0.497 e. The van der Waals surface area contributed by atoms with E-state index in [4.69, 9.17) is 18.9 Å². The van der Waals surface area contributed by atoms with Crippen LogP contribution in [0.3, 0.4) is 0 Å². The van der Waals surface area contributed by atoms with Crippen molar-refractivity contribution >= 4 is 17.0 Å². The van der Waals surface area contributed by atoms with Crippen molar-refractivity contribution in [1.29, 1.82) is 0 Å². The van der Waals surface area contributed by atoms with Gasteiger partial charge in [0.1, 0.15) is 41.2 Å². The van der Waals surface area contributed by atoms with Crippen LogP contribution in [0, 0.1) is 5.82 Å². The SMILES string of the molecule is COC(=O)c1cccc(OCc2nc3ccc(Oc4cc(F)cc(OC)c4)cc3n2C)c1. The third kappa shape index (κ3) is 4.49. The number of imidazole rings is 1. The fraction of sp³-hybridized carbons (Fsp3) is 0.167. The van der Waals surface area contributed by atoms with Crippen LogP contribution in [0.4, 0.5) is 4.39 Å². The quantitative estimate of drug-likeness (QED) is 0.385. The van der Waals surface area contributed by atoms with Crippen molar-refractivity contribution < 1.29 is 28.1 Å². The minimum atomic E-state index is -0.448. The molecule has 0 aliphatic rings. The predicted molar refractivity (Wildman–Crippen MR) is 116 cm³/mol. The van der Waals surface area contributed by atoms with Gasteiger partial charge in [-0.2, -0.15) is 0 Å². The molecule has 4 aromatic rings. The summed E-state index contributed by atoms with van der Waals surface area (Å²) in [6.45, 7) is 0.201. The number of carbonyl (C=O) groups is 1. The van der Waals surface area contributed by atoms with Crippen molar-refractivity contribution in [3.05, 3.63) is 77.9 Å². The summed E-state index contributed by atoms with van der Waals surface area (Å²) in [4.78, 5) is 16.3. The summed E-state index contributed by atoms with van der Waals surface area (Å²) in [5.74, 6) is 1.58. The van der Waals surface area contributed by atoms with Gasteiger partial charge in [0.2, 0.25) is 0 Å². The minimum Gasteiger partial charge on any atom is -0.497 e. The second-order valence-electron chi connectivity index (χ2n) is 6.97. The first-order valence-corrected chi connectivity index (χ1v) is 9.76. The third-order valence-corrected chi connectivity index (χ3v) is 4.88. The molecule has 0 saturated heterocycles. The monoisotopic (exact) mass is 436 g/mol. The summed E-state index contributed by atoms with van der Waals surface area (Å²) in [5, 5.41) is 0. The number of ether oxygens (including phenoxy) is 4. The van der Waals surface area contributed by atoms with Gasteiger partial charge in [-0.15, -0.1) is 0 Å². The lowest BCUT2D eigenvalue weighted by molar-refractivity contribution is 0.0600. The normalized spacial score (nSPS) is 10.8. The van der Waals surface area contributed by atoms with Gasteiger partial charge in [-0.1, -0.05) is 6.07 Å². The number of esters is 1. The number of nitrogens with zero attached hydrogens (tertiary/aromatic N) is 2. The average Bonchev–Trinajstić information content (AvgIpc) is 3.12.